The normalized spacial score (nSPS) is 13.8. The van der Waals surface area contributed by atoms with Gasteiger partial charge in [0.05, 0.1) is 5.60 Å². The van der Waals surface area contributed by atoms with Gasteiger partial charge in [-0.05, 0) is 13.8 Å². The van der Waals surface area contributed by atoms with E-state index < -0.39 is 27.9 Å². The zero-order valence-corrected chi connectivity index (χ0v) is 7.53. The number of sulfonamides is 1. The number of alkyl halides is 2. The smallest absolute Gasteiger partial charge is 0.350 e. The average molecular weight is 203 g/mol. The first-order valence-corrected chi connectivity index (χ1v) is 4.69. The van der Waals surface area contributed by atoms with Crippen LogP contribution in [0.4, 0.5) is 8.78 Å². The first-order chi connectivity index (χ1) is 5.15. The Hall–Kier alpha value is -0.270. The minimum Gasteiger partial charge on any atom is -0.389 e. The second-order valence-electron chi connectivity index (χ2n) is 2.94. The zero-order valence-electron chi connectivity index (χ0n) is 6.71. The highest BCUT2D eigenvalue weighted by Gasteiger charge is 2.25. The minimum atomic E-state index is -4.57. The van der Waals surface area contributed by atoms with E-state index >= 15 is 0 Å². The summed E-state index contributed by atoms with van der Waals surface area (Å²) in [5, 5.41) is 8.99. The lowest BCUT2D eigenvalue weighted by Crippen LogP contribution is -2.40. The van der Waals surface area contributed by atoms with E-state index in [1.165, 1.54) is 13.8 Å². The van der Waals surface area contributed by atoms with Gasteiger partial charge in [0.25, 0.3) is 10.0 Å². The van der Waals surface area contributed by atoms with Gasteiger partial charge in [-0.3, -0.25) is 0 Å². The Kier molecular flexibility index (Phi) is 3.55. The van der Waals surface area contributed by atoms with Crippen LogP contribution in [-0.2, 0) is 10.0 Å². The summed E-state index contributed by atoms with van der Waals surface area (Å²) in [6.45, 7) is 2.18. The fourth-order valence-corrected chi connectivity index (χ4v) is 1.02. The molecule has 0 aromatic rings. The van der Waals surface area contributed by atoms with E-state index in [4.69, 9.17) is 5.11 Å². The molecule has 12 heavy (non-hydrogen) atoms. The number of halogens is 2. The molecule has 74 valence electrons. The molecule has 0 atom stereocenters. The molecule has 0 saturated heterocycles. The van der Waals surface area contributed by atoms with Gasteiger partial charge >= 0.3 is 5.76 Å². The van der Waals surface area contributed by atoms with E-state index in [9.17, 15) is 17.2 Å². The fraction of sp³-hybridized carbons (Fsp3) is 1.00. The maximum Gasteiger partial charge on any atom is 0.350 e. The predicted molar refractivity (Wildman–Crippen MR) is 39.2 cm³/mol. The van der Waals surface area contributed by atoms with Gasteiger partial charge in [-0.2, -0.15) is 8.78 Å². The molecule has 0 aliphatic carbocycles. The van der Waals surface area contributed by atoms with Crippen LogP contribution in [0, 0.1) is 0 Å². The van der Waals surface area contributed by atoms with Crippen molar-refractivity contribution in [2.24, 2.45) is 0 Å². The Morgan fingerprint density at radius 2 is 1.92 bits per heavy atom. The molecule has 0 rings (SSSR count). The number of rotatable bonds is 4. The van der Waals surface area contributed by atoms with Crippen LogP contribution < -0.4 is 4.72 Å². The summed E-state index contributed by atoms with van der Waals surface area (Å²) in [6, 6.07) is 0. The van der Waals surface area contributed by atoms with Crippen LogP contribution >= 0.6 is 0 Å². The van der Waals surface area contributed by atoms with Gasteiger partial charge in [0, 0.05) is 6.54 Å². The molecule has 0 fully saturated rings. The molecule has 0 aliphatic rings. The third-order valence-corrected chi connectivity index (χ3v) is 1.96. The number of hydrogen-bond donors (Lipinski definition) is 2. The van der Waals surface area contributed by atoms with Crippen LogP contribution in [0.15, 0.2) is 0 Å². The van der Waals surface area contributed by atoms with Gasteiger partial charge in [0.2, 0.25) is 0 Å². The Balaban J connectivity index is 4.12. The largest absolute Gasteiger partial charge is 0.389 e. The molecule has 0 amide bonds. The van der Waals surface area contributed by atoms with Crippen LogP contribution in [0.3, 0.4) is 0 Å². The zero-order chi connectivity index (χ0) is 9.99. The van der Waals surface area contributed by atoms with Crippen molar-refractivity contribution in [2.75, 3.05) is 6.54 Å². The van der Waals surface area contributed by atoms with Gasteiger partial charge in [-0.1, -0.05) is 0 Å². The first kappa shape index (κ1) is 11.7. The summed E-state index contributed by atoms with van der Waals surface area (Å²) >= 11 is 0. The van der Waals surface area contributed by atoms with E-state index in [1.54, 1.807) is 4.72 Å². The molecule has 0 aromatic carbocycles. The van der Waals surface area contributed by atoms with Crippen LogP contribution in [0.5, 0.6) is 0 Å². The van der Waals surface area contributed by atoms with Crippen LogP contribution in [0.2, 0.25) is 0 Å². The maximum atomic E-state index is 11.7. The molecule has 0 spiro atoms. The van der Waals surface area contributed by atoms with Crippen molar-refractivity contribution in [3.63, 3.8) is 0 Å². The standard InChI is InChI=1S/C5H11F2NO3S/c1-5(2,9)3-8-12(10,11)4(6)7/h4,8-9H,3H2,1-2H3. The molecule has 0 aliphatic heterocycles. The lowest BCUT2D eigenvalue weighted by atomic mass is 10.1. The van der Waals surface area contributed by atoms with Crippen molar-refractivity contribution in [3.05, 3.63) is 0 Å². The first-order valence-electron chi connectivity index (χ1n) is 3.14. The Morgan fingerprint density at radius 1 is 1.50 bits per heavy atom. The van der Waals surface area contributed by atoms with Crippen molar-refractivity contribution in [1.29, 1.82) is 0 Å². The van der Waals surface area contributed by atoms with E-state index in [0.29, 0.717) is 0 Å². The van der Waals surface area contributed by atoms with Crippen molar-refractivity contribution in [2.45, 2.75) is 25.2 Å². The maximum absolute atomic E-state index is 11.7. The molecule has 0 heterocycles. The van der Waals surface area contributed by atoms with Crippen LogP contribution in [0.1, 0.15) is 13.8 Å². The summed E-state index contributed by atoms with van der Waals surface area (Å²) in [4.78, 5) is 0. The lowest BCUT2D eigenvalue weighted by molar-refractivity contribution is 0.0850. The van der Waals surface area contributed by atoms with Gasteiger partial charge in [0.1, 0.15) is 0 Å². The van der Waals surface area contributed by atoms with E-state index in [1.807, 2.05) is 0 Å². The molecule has 0 unspecified atom stereocenters. The summed E-state index contributed by atoms with van der Waals surface area (Å²) in [7, 11) is -4.57. The van der Waals surface area contributed by atoms with Gasteiger partial charge in [-0.25, -0.2) is 13.1 Å². The lowest BCUT2D eigenvalue weighted by Gasteiger charge is -2.17. The minimum absolute atomic E-state index is 0.431. The molecule has 0 saturated carbocycles. The van der Waals surface area contributed by atoms with E-state index in [0.717, 1.165) is 0 Å². The number of nitrogens with one attached hydrogen (secondary N) is 1. The van der Waals surface area contributed by atoms with Crippen molar-refractivity contribution in [1.82, 2.24) is 4.72 Å². The second kappa shape index (κ2) is 3.63. The molecule has 0 radical (unpaired) electrons. The quantitative estimate of drug-likeness (QED) is 0.670. The van der Waals surface area contributed by atoms with Crippen LogP contribution in [-0.4, -0.2) is 31.4 Å². The summed E-state index contributed by atoms with van der Waals surface area (Å²) in [5.74, 6) is -3.46. The SMILES string of the molecule is CC(C)(O)CNS(=O)(=O)C(F)F. The topological polar surface area (TPSA) is 66.4 Å². The molecule has 0 bridgehead atoms. The molecule has 2 N–H and O–H groups in total. The molecule has 0 aromatic heterocycles. The summed E-state index contributed by atoms with van der Waals surface area (Å²) in [6.07, 6.45) is 0. The highest BCUT2D eigenvalue weighted by molar-refractivity contribution is 7.89. The Labute approximate surface area is 69.6 Å². The third kappa shape index (κ3) is 4.58. The van der Waals surface area contributed by atoms with Gasteiger partial charge < -0.3 is 5.11 Å². The molecule has 7 heteroatoms. The summed E-state index contributed by atoms with van der Waals surface area (Å²) < 4.78 is 45.7. The van der Waals surface area contributed by atoms with Crippen molar-refractivity contribution < 1.29 is 22.3 Å². The highest BCUT2D eigenvalue weighted by Crippen LogP contribution is 2.04. The third-order valence-electron chi connectivity index (χ3n) is 0.941. The molecule has 4 nitrogen and oxygen atoms in total. The Bertz CT molecular complexity index is 232. The average Bonchev–Trinajstić information content (AvgIpc) is 1.82. The summed E-state index contributed by atoms with van der Waals surface area (Å²) in [5.41, 5.74) is -1.33. The predicted octanol–water partition coefficient (Wildman–Crippen LogP) is -0.101. The van der Waals surface area contributed by atoms with Crippen molar-refractivity contribution >= 4 is 10.0 Å². The molecular weight excluding hydrogens is 192 g/mol. The van der Waals surface area contributed by atoms with Gasteiger partial charge in [0.15, 0.2) is 0 Å². The van der Waals surface area contributed by atoms with Crippen LogP contribution in [0.25, 0.3) is 0 Å². The highest BCUT2D eigenvalue weighted by atomic mass is 32.2. The fourth-order valence-electron chi connectivity index (χ4n) is 0.340. The Morgan fingerprint density at radius 3 is 2.17 bits per heavy atom. The van der Waals surface area contributed by atoms with E-state index in [2.05, 4.69) is 0 Å². The number of hydrogen-bond acceptors (Lipinski definition) is 3. The van der Waals surface area contributed by atoms with Crippen molar-refractivity contribution in [3.8, 4) is 0 Å². The molecular formula is C5H11F2NO3S. The van der Waals surface area contributed by atoms with E-state index in [-0.39, 0.29) is 0 Å². The monoisotopic (exact) mass is 203 g/mol. The number of aliphatic hydroxyl groups is 1. The second-order valence-corrected chi connectivity index (χ2v) is 4.67. The van der Waals surface area contributed by atoms with Gasteiger partial charge in [-0.15, -0.1) is 0 Å².